The predicted molar refractivity (Wildman–Crippen MR) is 73.8 cm³/mol. The van der Waals surface area contributed by atoms with Gasteiger partial charge in [0.25, 0.3) is 5.91 Å². The number of para-hydroxylation sites is 2. The SMILES string of the molecule is C#CCN(C)C(=O)c1ccn(-c2ccccc2N)n1. The number of nitrogens with zero attached hydrogens (tertiary/aromatic N) is 3. The number of nitrogen functional groups attached to an aromatic ring is 1. The van der Waals surface area contributed by atoms with Crippen LogP contribution >= 0.6 is 0 Å². The van der Waals surface area contributed by atoms with Crippen molar-refractivity contribution in [1.82, 2.24) is 14.7 Å². The molecule has 2 aromatic rings. The second-order valence-corrected chi connectivity index (χ2v) is 4.07. The van der Waals surface area contributed by atoms with Crippen LogP contribution in [0.2, 0.25) is 0 Å². The zero-order valence-electron chi connectivity index (χ0n) is 10.6. The molecule has 0 saturated heterocycles. The molecular formula is C14H14N4O. The van der Waals surface area contributed by atoms with Crippen molar-refractivity contribution in [2.75, 3.05) is 19.3 Å². The lowest BCUT2D eigenvalue weighted by molar-refractivity contribution is 0.0806. The first kappa shape index (κ1) is 12.7. The molecule has 0 unspecified atom stereocenters. The van der Waals surface area contributed by atoms with Gasteiger partial charge in [0.2, 0.25) is 0 Å². The van der Waals surface area contributed by atoms with Crippen LogP contribution in [0.15, 0.2) is 36.5 Å². The van der Waals surface area contributed by atoms with Crippen molar-refractivity contribution in [2.24, 2.45) is 0 Å². The van der Waals surface area contributed by atoms with Crippen molar-refractivity contribution in [3.05, 3.63) is 42.2 Å². The van der Waals surface area contributed by atoms with Crippen molar-refractivity contribution in [1.29, 1.82) is 0 Å². The lowest BCUT2D eigenvalue weighted by Gasteiger charge is -2.11. The van der Waals surface area contributed by atoms with E-state index in [0.717, 1.165) is 5.69 Å². The minimum Gasteiger partial charge on any atom is -0.397 e. The number of anilines is 1. The highest BCUT2D eigenvalue weighted by molar-refractivity contribution is 5.92. The van der Waals surface area contributed by atoms with Gasteiger partial charge in [0.05, 0.1) is 17.9 Å². The van der Waals surface area contributed by atoms with Gasteiger partial charge >= 0.3 is 0 Å². The van der Waals surface area contributed by atoms with Gasteiger partial charge in [0.15, 0.2) is 5.69 Å². The largest absolute Gasteiger partial charge is 0.397 e. The molecule has 2 rings (SSSR count). The number of hydrogen-bond donors (Lipinski definition) is 1. The summed E-state index contributed by atoms with van der Waals surface area (Å²) < 4.78 is 1.58. The van der Waals surface area contributed by atoms with Crippen LogP contribution in [0.1, 0.15) is 10.5 Å². The zero-order chi connectivity index (χ0) is 13.8. The van der Waals surface area contributed by atoms with E-state index in [1.807, 2.05) is 18.2 Å². The number of nitrogens with two attached hydrogens (primary N) is 1. The van der Waals surface area contributed by atoms with E-state index in [2.05, 4.69) is 11.0 Å². The number of aromatic nitrogens is 2. The Labute approximate surface area is 111 Å². The topological polar surface area (TPSA) is 64.2 Å². The van der Waals surface area contributed by atoms with Gasteiger partial charge in [0, 0.05) is 13.2 Å². The zero-order valence-corrected chi connectivity index (χ0v) is 10.6. The summed E-state index contributed by atoms with van der Waals surface area (Å²) in [4.78, 5) is 13.4. The molecule has 96 valence electrons. The Bertz CT molecular complexity index is 639. The second kappa shape index (κ2) is 5.27. The van der Waals surface area contributed by atoms with E-state index in [4.69, 9.17) is 12.2 Å². The maximum atomic E-state index is 12.0. The summed E-state index contributed by atoms with van der Waals surface area (Å²) in [5.41, 5.74) is 7.53. The molecule has 19 heavy (non-hydrogen) atoms. The highest BCUT2D eigenvalue weighted by Gasteiger charge is 2.14. The van der Waals surface area contributed by atoms with E-state index in [1.54, 1.807) is 30.1 Å². The van der Waals surface area contributed by atoms with Crippen molar-refractivity contribution in [3.8, 4) is 18.0 Å². The molecule has 0 aliphatic carbocycles. The molecular weight excluding hydrogens is 240 g/mol. The maximum Gasteiger partial charge on any atom is 0.274 e. The molecule has 0 saturated carbocycles. The average molecular weight is 254 g/mol. The quantitative estimate of drug-likeness (QED) is 0.660. The van der Waals surface area contributed by atoms with Crippen LogP contribution in [0.25, 0.3) is 5.69 Å². The number of hydrogen-bond acceptors (Lipinski definition) is 3. The number of benzene rings is 1. The summed E-state index contributed by atoms with van der Waals surface area (Å²) in [6.45, 7) is 0.249. The van der Waals surface area contributed by atoms with Crippen LogP contribution in [-0.4, -0.2) is 34.2 Å². The third-order valence-electron chi connectivity index (χ3n) is 2.67. The molecule has 2 N–H and O–H groups in total. The summed E-state index contributed by atoms with van der Waals surface area (Å²) in [6, 6.07) is 8.96. The molecule has 0 aliphatic rings. The molecule has 0 atom stereocenters. The molecule has 0 bridgehead atoms. The van der Waals surface area contributed by atoms with Gasteiger partial charge in [-0.1, -0.05) is 18.1 Å². The van der Waals surface area contributed by atoms with Gasteiger partial charge in [-0.2, -0.15) is 5.10 Å². The molecule has 1 amide bonds. The lowest BCUT2D eigenvalue weighted by atomic mass is 10.3. The minimum atomic E-state index is -0.216. The Hall–Kier alpha value is -2.74. The van der Waals surface area contributed by atoms with Crippen LogP contribution in [0.3, 0.4) is 0 Å². The highest BCUT2D eigenvalue weighted by atomic mass is 16.2. The van der Waals surface area contributed by atoms with Crippen molar-refractivity contribution in [3.63, 3.8) is 0 Å². The lowest BCUT2D eigenvalue weighted by Crippen LogP contribution is -2.27. The molecule has 0 aliphatic heterocycles. The van der Waals surface area contributed by atoms with Crippen molar-refractivity contribution < 1.29 is 4.79 Å². The Morgan fingerprint density at radius 2 is 2.21 bits per heavy atom. The maximum absolute atomic E-state index is 12.0. The molecule has 1 aromatic carbocycles. The predicted octanol–water partition coefficient (Wildman–Crippen LogP) is 1.16. The third-order valence-corrected chi connectivity index (χ3v) is 2.67. The third kappa shape index (κ3) is 2.58. The normalized spacial score (nSPS) is 9.89. The van der Waals surface area contributed by atoms with Gasteiger partial charge in [-0.15, -0.1) is 6.42 Å². The van der Waals surface area contributed by atoms with Gasteiger partial charge < -0.3 is 10.6 Å². The van der Waals surface area contributed by atoms with Crippen molar-refractivity contribution in [2.45, 2.75) is 0 Å². The van der Waals surface area contributed by atoms with Gasteiger partial charge in [-0.25, -0.2) is 4.68 Å². The number of terminal acetylenes is 1. The summed E-state index contributed by atoms with van der Waals surface area (Å²) in [6.07, 6.45) is 6.87. The first-order valence-electron chi connectivity index (χ1n) is 5.73. The number of carbonyl (C=O) groups is 1. The fraction of sp³-hybridized carbons (Fsp3) is 0.143. The average Bonchev–Trinajstić information content (AvgIpc) is 2.88. The van der Waals surface area contributed by atoms with Gasteiger partial charge in [-0.3, -0.25) is 4.79 Å². The molecule has 5 heteroatoms. The van der Waals surface area contributed by atoms with E-state index in [1.165, 1.54) is 4.90 Å². The molecule has 0 radical (unpaired) electrons. The minimum absolute atomic E-state index is 0.216. The summed E-state index contributed by atoms with van der Waals surface area (Å²) in [5.74, 6) is 2.20. The smallest absolute Gasteiger partial charge is 0.274 e. The van der Waals surface area contributed by atoms with E-state index < -0.39 is 0 Å². The number of amides is 1. The first-order valence-corrected chi connectivity index (χ1v) is 5.73. The molecule has 0 fully saturated rings. The highest BCUT2D eigenvalue weighted by Crippen LogP contribution is 2.15. The van der Waals surface area contributed by atoms with Crippen LogP contribution in [0, 0.1) is 12.3 Å². The van der Waals surface area contributed by atoms with Crippen LogP contribution in [0.5, 0.6) is 0 Å². The Morgan fingerprint density at radius 3 is 2.89 bits per heavy atom. The van der Waals surface area contributed by atoms with Crippen LogP contribution in [0.4, 0.5) is 5.69 Å². The van der Waals surface area contributed by atoms with E-state index in [9.17, 15) is 4.79 Å². The first-order chi connectivity index (χ1) is 9.13. The van der Waals surface area contributed by atoms with E-state index >= 15 is 0 Å². The van der Waals surface area contributed by atoms with Crippen molar-refractivity contribution >= 4 is 11.6 Å². The standard InChI is InChI=1S/C14H14N4O/c1-3-9-17(2)14(19)12-8-10-18(16-12)13-7-5-4-6-11(13)15/h1,4-8,10H,9,15H2,2H3. The van der Waals surface area contributed by atoms with Gasteiger partial charge in [-0.05, 0) is 18.2 Å². The fourth-order valence-electron chi connectivity index (χ4n) is 1.67. The Balaban J connectivity index is 2.28. The molecule has 1 heterocycles. The van der Waals surface area contributed by atoms with E-state index in [-0.39, 0.29) is 12.5 Å². The monoisotopic (exact) mass is 254 g/mol. The molecule has 1 aromatic heterocycles. The number of carbonyl (C=O) groups excluding carboxylic acids is 1. The van der Waals surface area contributed by atoms with Gasteiger partial charge in [0.1, 0.15) is 0 Å². The molecule has 0 spiro atoms. The summed E-state index contributed by atoms with van der Waals surface area (Å²) in [7, 11) is 1.64. The second-order valence-electron chi connectivity index (χ2n) is 4.07. The summed E-state index contributed by atoms with van der Waals surface area (Å²) in [5, 5.41) is 4.22. The summed E-state index contributed by atoms with van der Waals surface area (Å²) >= 11 is 0. The van der Waals surface area contributed by atoms with E-state index in [0.29, 0.717) is 11.4 Å². The Morgan fingerprint density at radius 1 is 1.47 bits per heavy atom. The molecule has 5 nitrogen and oxygen atoms in total. The Kier molecular flexibility index (Phi) is 3.53. The van der Waals surface area contributed by atoms with Crippen LogP contribution in [-0.2, 0) is 0 Å². The fourth-order valence-corrected chi connectivity index (χ4v) is 1.67. The van der Waals surface area contributed by atoms with Crippen LogP contribution < -0.4 is 5.73 Å². The number of rotatable bonds is 3.